The maximum Gasteiger partial charge on any atom is 0.416 e. The molecule has 1 aliphatic heterocycles. The van der Waals surface area contributed by atoms with Gasteiger partial charge < -0.3 is 10.0 Å². The van der Waals surface area contributed by atoms with Gasteiger partial charge in [-0.15, -0.1) is 0 Å². The molecule has 0 bridgehead atoms. The third kappa shape index (κ3) is 7.35. The second kappa shape index (κ2) is 13.3. The van der Waals surface area contributed by atoms with Gasteiger partial charge in [-0.1, -0.05) is 32.9 Å². The van der Waals surface area contributed by atoms with Crippen molar-refractivity contribution in [1.29, 1.82) is 0 Å². The molecule has 2 fully saturated rings. The van der Waals surface area contributed by atoms with Gasteiger partial charge in [-0.05, 0) is 73.1 Å². The predicted molar refractivity (Wildman–Crippen MR) is 173 cm³/mol. The third-order valence-corrected chi connectivity index (χ3v) is 10.5. The zero-order valence-corrected chi connectivity index (χ0v) is 28.0. The summed E-state index contributed by atoms with van der Waals surface area (Å²) < 4.78 is 86.3. The number of hydrogen-bond acceptors (Lipinski definition) is 6. The summed E-state index contributed by atoms with van der Waals surface area (Å²) in [6, 6.07) is 3.96. The highest BCUT2D eigenvalue weighted by Gasteiger charge is 2.44. The Kier molecular flexibility index (Phi) is 9.58. The molecule has 0 amide bonds. The minimum Gasteiger partial charge on any atom is -0.388 e. The van der Waals surface area contributed by atoms with Crippen molar-refractivity contribution in [2.75, 3.05) is 18.0 Å². The number of anilines is 1. The molecule has 1 N–H and O–H groups in total. The van der Waals surface area contributed by atoms with Crippen LogP contribution in [-0.2, 0) is 12.6 Å². The SMILES string of the molecule is CCC(=O)c1cnc(N2CCC(c3nc4c(c(C5CCC(F)(F)CC5)c3[C@@H](F)c3ccc(C(F)(F)F)cc3)[C@@H](O)CC(C)(C)C4)CC2)nc1. The molecule has 3 aliphatic rings. The summed E-state index contributed by atoms with van der Waals surface area (Å²) in [6.45, 7) is 6.81. The first-order chi connectivity index (χ1) is 23.1. The quantitative estimate of drug-likeness (QED) is 0.197. The van der Waals surface area contributed by atoms with Crippen LogP contribution in [0.4, 0.5) is 32.3 Å². The smallest absolute Gasteiger partial charge is 0.388 e. The second-order valence-corrected chi connectivity index (χ2v) is 14.7. The molecule has 3 aromatic rings. The van der Waals surface area contributed by atoms with E-state index in [0.717, 1.165) is 24.3 Å². The first kappa shape index (κ1) is 35.3. The predicted octanol–water partition coefficient (Wildman–Crippen LogP) is 9.22. The van der Waals surface area contributed by atoms with Crippen molar-refractivity contribution in [3.63, 3.8) is 0 Å². The van der Waals surface area contributed by atoms with Crippen molar-refractivity contribution >= 4 is 11.7 Å². The van der Waals surface area contributed by atoms with Crippen LogP contribution in [0.2, 0.25) is 0 Å². The lowest BCUT2D eigenvalue weighted by atomic mass is 9.68. The number of piperidine rings is 1. The number of fused-ring (bicyclic) bond motifs is 1. The van der Waals surface area contributed by atoms with E-state index in [1.165, 1.54) is 12.4 Å². The molecule has 3 heterocycles. The zero-order valence-electron chi connectivity index (χ0n) is 28.0. The van der Waals surface area contributed by atoms with Crippen LogP contribution in [0.3, 0.4) is 0 Å². The Bertz CT molecular complexity index is 1660. The van der Waals surface area contributed by atoms with E-state index in [9.17, 15) is 31.9 Å². The second-order valence-electron chi connectivity index (χ2n) is 14.7. The Balaban J connectivity index is 1.43. The van der Waals surface area contributed by atoms with Crippen LogP contribution in [0.15, 0.2) is 36.7 Å². The number of rotatable bonds is 7. The zero-order chi connectivity index (χ0) is 35.3. The number of benzene rings is 1. The summed E-state index contributed by atoms with van der Waals surface area (Å²) in [5.74, 6) is -3.16. The number of aliphatic hydroxyl groups excluding tert-OH is 1. The minimum absolute atomic E-state index is 0.0107. The summed E-state index contributed by atoms with van der Waals surface area (Å²) >= 11 is 0. The van der Waals surface area contributed by atoms with Crippen LogP contribution in [-0.4, -0.2) is 44.9 Å². The molecule has 1 saturated carbocycles. The highest BCUT2D eigenvalue weighted by molar-refractivity contribution is 5.95. The van der Waals surface area contributed by atoms with E-state index < -0.39 is 35.9 Å². The van der Waals surface area contributed by atoms with E-state index in [1.807, 2.05) is 18.7 Å². The number of carbonyl (C=O) groups is 1. The summed E-state index contributed by atoms with van der Waals surface area (Å²) in [7, 11) is 0. The summed E-state index contributed by atoms with van der Waals surface area (Å²) in [4.78, 5) is 27.9. The number of hydrogen-bond donors (Lipinski definition) is 1. The fourth-order valence-corrected chi connectivity index (χ4v) is 7.90. The van der Waals surface area contributed by atoms with Crippen LogP contribution in [0.25, 0.3) is 0 Å². The van der Waals surface area contributed by atoms with Crippen molar-refractivity contribution in [3.05, 3.63) is 81.4 Å². The van der Waals surface area contributed by atoms with E-state index in [4.69, 9.17) is 4.98 Å². The van der Waals surface area contributed by atoms with Gasteiger partial charge in [-0.3, -0.25) is 9.78 Å². The Morgan fingerprint density at radius 1 is 0.980 bits per heavy atom. The molecule has 2 atom stereocenters. The first-order valence-corrected chi connectivity index (χ1v) is 17.1. The molecule has 0 radical (unpaired) electrons. The molecule has 2 aliphatic carbocycles. The van der Waals surface area contributed by atoms with Gasteiger partial charge in [0, 0.05) is 67.5 Å². The summed E-state index contributed by atoms with van der Waals surface area (Å²) in [6.07, 6.45) is -2.71. The molecule has 0 unspecified atom stereocenters. The number of aromatic nitrogens is 3. The summed E-state index contributed by atoms with van der Waals surface area (Å²) in [5, 5.41) is 11.6. The molecule has 264 valence electrons. The molecular weight excluding hydrogens is 646 g/mol. The highest BCUT2D eigenvalue weighted by Crippen LogP contribution is 2.52. The molecule has 49 heavy (non-hydrogen) atoms. The molecular formula is C37H42F6N4O2. The number of pyridine rings is 1. The number of aliphatic hydroxyl groups is 1. The molecule has 6 rings (SSSR count). The molecule has 6 nitrogen and oxygen atoms in total. The third-order valence-electron chi connectivity index (χ3n) is 10.5. The Labute approximate surface area is 282 Å². The topological polar surface area (TPSA) is 79.2 Å². The van der Waals surface area contributed by atoms with Crippen molar-refractivity contribution in [2.45, 2.75) is 115 Å². The average Bonchev–Trinajstić information content (AvgIpc) is 3.06. The molecule has 12 heteroatoms. The van der Waals surface area contributed by atoms with Crippen LogP contribution in [0, 0.1) is 5.41 Å². The summed E-state index contributed by atoms with van der Waals surface area (Å²) in [5.41, 5.74) is 1.54. The maximum absolute atomic E-state index is 17.2. The fourth-order valence-electron chi connectivity index (χ4n) is 7.90. The number of Topliss-reactive ketones (excluding diaryl/α,β-unsaturated/α-hetero) is 1. The fraction of sp³-hybridized carbons (Fsp3) is 0.568. The van der Waals surface area contributed by atoms with Gasteiger partial charge in [0.05, 0.1) is 22.9 Å². The largest absolute Gasteiger partial charge is 0.416 e. The first-order valence-electron chi connectivity index (χ1n) is 17.1. The molecule has 1 aromatic carbocycles. The molecule has 2 aromatic heterocycles. The molecule has 1 saturated heterocycles. The number of halogens is 6. The van der Waals surface area contributed by atoms with Crippen LogP contribution < -0.4 is 4.90 Å². The van der Waals surface area contributed by atoms with E-state index in [1.54, 1.807) is 6.92 Å². The Morgan fingerprint density at radius 3 is 2.16 bits per heavy atom. The standard InChI is InChI=1S/C37H42F6N4O2/c1-4-27(48)24-19-44-34(45-20-24)47-15-11-23(12-16-47)33-31(32(38)22-5-7-25(8-6-22)37(41,42)43)29(21-9-13-36(39,40)14-10-21)30-26(46-33)17-35(2,3)18-28(30)49/h5-8,19-21,23,28,32,49H,4,9-18H2,1-3H3/t28-,32-/m0/s1. The Hall–Kier alpha value is -3.54. The van der Waals surface area contributed by atoms with E-state index in [-0.39, 0.29) is 53.9 Å². The lowest BCUT2D eigenvalue weighted by Crippen LogP contribution is -2.36. The van der Waals surface area contributed by atoms with Gasteiger partial charge in [0.25, 0.3) is 0 Å². The highest BCUT2D eigenvalue weighted by atomic mass is 19.4. The normalized spacial score (nSPS) is 22.1. The number of carbonyl (C=O) groups excluding carboxylic acids is 1. The number of alkyl halides is 6. The number of nitrogens with zero attached hydrogens (tertiary/aromatic N) is 4. The van der Waals surface area contributed by atoms with Gasteiger partial charge >= 0.3 is 6.18 Å². The Morgan fingerprint density at radius 2 is 1.59 bits per heavy atom. The van der Waals surface area contributed by atoms with Crippen molar-refractivity contribution < 1.29 is 36.2 Å². The lowest BCUT2D eigenvalue weighted by Gasteiger charge is -2.41. The van der Waals surface area contributed by atoms with E-state index >= 15 is 4.39 Å². The van der Waals surface area contributed by atoms with Gasteiger partial charge in [-0.25, -0.2) is 23.1 Å². The van der Waals surface area contributed by atoms with Crippen molar-refractivity contribution in [1.82, 2.24) is 15.0 Å². The van der Waals surface area contributed by atoms with E-state index in [0.29, 0.717) is 79.2 Å². The lowest BCUT2D eigenvalue weighted by molar-refractivity contribution is -0.137. The van der Waals surface area contributed by atoms with Gasteiger partial charge in [0.15, 0.2) is 12.0 Å². The van der Waals surface area contributed by atoms with Crippen LogP contribution >= 0.6 is 0 Å². The van der Waals surface area contributed by atoms with E-state index in [2.05, 4.69) is 9.97 Å². The minimum atomic E-state index is -4.60. The van der Waals surface area contributed by atoms with Crippen LogP contribution in [0.1, 0.15) is 146 Å². The van der Waals surface area contributed by atoms with Crippen molar-refractivity contribution in [3.8, 4) is 0 Å². The van der Waals surface area contributed by atoms with Gasteiger partial charge in [-0.2, -0.15) is 13.2 Å². The average molecular weight is 689 g/mol. The van der Waals surface area contributed by atoms with Gasteiger partial charge in [0.1, 0.15) is 0 Å². The maximum atomic E-state index is 17.2. The monoisotopic (exact) mass is 688 g/mol. The van der Waals surface area contributed by atoms with Crippen molar-refractivity contribution in [2.24, 2.45) is 5.41 Å². The van der Waals surface area contributed by atoms with Gasteiger partial charge in [0.2, 0.25) is 11.9 Å². The molecule has 0 spiro atoms. The number of ketones is 1. The van der Waals surface area contributed by atoms with Crippen LogP contribution in [0.5, 0.6) is 0 Å².